The van der Waals surface area contributed by atoms with Gasteiger partial charge in [-0.2, -0.15) is 5.26 Å². The third-order valence-electron chi connectivity index (χ3n) is 3.39. The minimum atomic E-state index is 0.155. The molecule has 0 aromatic heterocycles. The summed E-state index contributed by atoms with van der Waals surface area (Å²) in [6.45, 7) is 2.03. The fourth-order valence-corrected chi connectivity index (χ4v) is 2.27. The topological polar surface area (TPSA) is 54.3 Å². The van der Waals surface area contributed by atoms with Crippen LogP contribution >= 0.6 is 11.6 Å². The van der Waals surface area contributed by atoms with Crippen LogP contribution in [0.5, 0.6) is 11.5 Å². The quantitative estimate of drug-likeness (QED) is 0.921. The summed E-state index contributed by atoms with van der Waals surface area (Å²) in [5.41, 5.74) is 1.56. The maximum absolute atomic E-state index is 8.92. The lowest BCUT2D eigenvalue weighted by atomic mass is 10.1. The first kappa shape index (κ1) is 14.7. The molecule has 0 spiro atoms. The molecule has 1 aliphatic rings. The van der Waals surface area contributed by atoms with Gasteiger partial charge < -0.3 is 14.8 Å². The summed E-state index contributed by atoms with van der Waals surface area (Å²) in [6, 6.07) is 14.8. The smallest absolute Gasteiger partial charge is 0.163 e. The lowest BCUT2D eigenvalue weighted by Gasteiger charge is -2.28. The van der Waals surface area contributed by atoms with Gasteiger partial charge in [-0.3, -0.25) is 0 Å². The molecule has 0 amide bonds. The molecule has 2 aromatic rings. The third-order valence-corrected chi connectivity index (χ3v) is 3.63. The van der Waals surface area contributed by atoms with E-state index in [1.807, 2.05) is 18.2 Å². The van der Waals surface area contributed by atoms with Crippen LogP contribution < -0.4 is 14.8 Å². The number of hydrogen-bond acceptors (Lipinski definition) is 4. The molecule has 1 fully saturated rings. The zero-order valence-corrected chi connectivity index (χ0v) is 12.6. The van der Waals surface area contributed by atoms with E-state index >= 15 is 0 Å². The predicted molar refractivity (Wildman–Crippen MR) is 84.2 cm³/mol. The number of halogens is 1. The van der Waals surface area contributed by atoms with E-state index in [9.17, 15) is 0 Å². The Kier molecular flexibility index (Phi) is 4.47. The maximum Gasteiger partial charge on any atom is 0.163 e. The van der Waals surface area contributed by atoms with E-state index in [0.717, 1.165) is 18.7 Å². The van der Waals surface area contributed by atoms with Crippen molar-refractivity contribution in [1.82, 2.24) is 5.32 Å². The number of benzene rings is 2. The van der Waals surface area contributed by atoms with Crippen molar-refractivity contribution in [2.75, 3.05) is 13.1 Å². The highest BCUT2D eigenvalue weighted by atomic mass is 35.5. The van der Waals surface area contributed by atoms with Gasteiger partial charge in [-0.25, -0.2) is 0 Å². The molecule has 5 heteroatoms. The summed E-state index contributed by atoms with van der Waals surface area (Å²) in [5.74, 6) is 1.30. The van der Waals surface area contributed by atoms with E-state index in [1.165, 1.54) is 0 Å². The molecule has 0 bridgehead atoms. The van der Waals surface area contributed by atoms with E-state index in [1.54, 1.807) is 24.3 Å². The molecule has 1 N–H and O–H groups in total. The second-order valence-corrected chi connectivity index (χ2v) is 5.53. The lowest BCUT2D eigenvalue weighted by Crippen LogP contribution is -2.50. The van der Waals surface area contributed by atoms with E-state index in [4.69, 9.17) is 26.3 Å². The summed E-state index contributed by atoms with van der Waals surface area (Å²) in [4.78, 5) is 0. The Hall–Kier alpha value is -2.22. The molecule has 4 nitrogen and oxygen atoms in total. The van der Waals surface area contributed by atoms with Gasteiger partial charge in [0.1, 0.15) is 12.7 Å². The molecule has 22 heavy (non-hydrogen) atoms. The Morgan fingerprint density at radius 2 is 2.05 bits per heavy atom. The normalized spacial score (nSPS) is 14.0. The summed E-state index contributed by atoms with van der Waals surface area (Å²) >= 11 is 6.03. The van der Waals surface area contributed by atoms with Crippen LogP contribution in [0.2, 0.25) is 5.02 Å². The van der Waals surface area contributed by atoms with E-state index in [2.05, 4.69) is 11.4 Å². The van der Waals surface area contributed by atoms with Crippen molar-refractivity contribution in [2.24, 2.45) is 0 Å². The highest BCUT2D eigenvalue weighted by molar-refractivity contribution is 6.30. The summed E-state index contributed by atoms with van der Waals surface area (Å²) < 4.78 is 11.7. The molecule has 0 atom stereocenters. The Bertz CT molecular complexity index is 708. The molecule has 1 heterocycles. The standard InChI is InChI=1S/C17H15ClN2O2/c18-14-4-5-16(17(7-14)22-15-9-20-10-15)21-11-13-3-1-2-12(6-13)8-19/h1-7,15,20H,9-11H2. The Balaban J connectivity index is 1.72. The minimum absolute atomic E-state index is 0.155. The summed E-state index contributed by atoms with van der Waals surface area (Å²) in [7, 11) is 0. The fourth-order valence-electron chi connectivity index (χ4n) is 2.11. The first-order chi connectivity index (χ1) is 10.7. The SMILES string of the molecule is N#Cc1cccc(COc2ccc(Cl)cc2OC2CNC2)c1. The average molecular weight is 315 g/mol. The van der Waals surface area contributed by atoms with Crippen LogP contribution in [0.3, 0.4) is 0 Å². The third kappa shape index (κ3) is 3.51. The molecule has 2 aromatic carbocycles. The van der Waals surface area contributed by atoms with Crippen LogP contribution in [0.15, 0.2) is 42.5 Å². The van der Waals surface area contributed by atoms with Gasteiger partial charge >= 0.3 is 0 Å². The highest BCUT2D eigenvalue weighted by Gasteiger charge is 2.20. The molecule has 0 aliphatic carbocycles. The molecule has 112 valence electrons. The van der Waals surface area contributed by atoms with Gasteiger partial charge in [-0.1, -0.05) is 23.7 Å². The molecule has 1 saturated heterocycles. The van der Waals surface area contributed by atoms with Gasteiger partial charge in [0.25, 0.3) is 0 Å². The van der Waals surface area contributed by atoms with Crippen LogP contribution in [-0.2, 0) is 6.61 Å². The van der Waals surface area contributed by atoms with Gasteiger partial charge in [0.15, 0.2) is 11.5 Å². The fraction of sp³-hybridized carbons (Fsp3) is 0.235. The first-order valence-corrected chi connectivity index (χ1v) is 7.41. The Morgan fingerprint density at radius 1 is 1.18 bits per heavy atom. The lowest BCUT2D eigenvalue weighted by molar-refractivity contribution is 0.134. The Labute approximate surface area is 134 Å². The molecule has 1 aliphatic heterocycles. The van der Waals surface area contributed by atoms with Crippen LogP contribution in [0.4, 0.5) is 0 Å². The van der Waals surface area contributed by atoms with Gasteiger partial charge in [-0.15, -0.1) is 0 Å². The van der Waals surface area contributed by atoms with Crippen molar-refractivity contribution < 1.29 is 9.47 Å². The summed E-state index contributed by atoms with van der Waals surface area (Å²) in [6.07, 6.45) is 0.155. The molecule has 0 unspecified atom stereocenters. The van der Waals surface area contributed by atoms with E-state index in [0.29, 0.717) is 28.7 Å². The van der Waals surface area contributed by atoms with Crippen molar-refractivity contribution in [2.45, 2.75) is 12.7 Å². The molecule has 3 rings (SSSR count). The zero-order valence-electron chi connectivity index (χ0n) is 11.9. The predicted octanol–water partition coefficient (Wildman–Crippen LogP) is 3.14. The number of nitrogens with zero attached hydrogens (tertiary/aromatic N) is 1. The van der Waals surface area contributed by atoms with Crippen LogP contribution in [0.25, 0.3) is 0 Å². The average Bonchev–Trinajstić information content (AvgIpc) is 2.50. The molecular formula is C17H15ClN2O2. The van der Waals surface area contributed by atoms with Gasteiger partial charge in [0, 0.05) is 24.2 Å². The first-order valence-electron chi connectivity index (χ1n) is 7.03. The Morgan fingerprint density at radius 3 is 2.77 bits per heavy atom. The molecule has 0 radical (unpaired) electrons. The van der Waals surface area contributed by atoms with Crippen molar-refractivity contribution in [3.05, 3.63) is 58.6 Å². The number of hydrogen-bond donors (Lipinski definition) is 1. The van der Waals surface area contributed by atoms with E-state index < -0.39 is 0 Å². The minimum Gasteiger partial charge on any atom is -0.485 e. The molecular weight excluding hydrogens is 300 g/mol. The summed E-state index contributed by atoms with van der Waals surface area (Å²) in [5, 5.41) is 12.7. The maximum atomic E-state index is 8.92. The zero-order chi connectivity index (χ0) is 15.4. The highest BCUT2D eigenvalue weighted by Crippen LogP contribution is 2.32. The second-order valence-electron chi connectivity index (χ2n) is 5.09. The second kappa shape index (κ2) is 6.69. The van der Waals surface area contributed by atoms with Crippen LogP contribution in [0, 0.1) is 11.3 Å². The number of nitriles is 1. The number of rotatable bonds is 5. The van der Waals surface area contributed by atoms with Gasteiger partial charge in [0.05, 0.1) is 11.6 Å². The van der Waals surface area contributed by atoms with Crippen molar-refractivity contribution in [3.8, 4) is 17.6 Å². The number of nitrogens with one attached hydrogen (secondary N) is 1. The largest absolute Gasteiger partial charge is 0.485 e. The van der Waals surface area contributed by atoms with Gasteiger partial charge in [0.2, 0.25) is 0 Å². The van der Waals surface area contributed by atoms with Crippen molar-refractivity contribution in [3.63, 3.8) is 0 Å². The monoisotopic (exact) mass is 314 g/mol. The van der Waals surface area contributed by atoms with Crippen molar-refractivity contribution in [1.29, 1.82) is 5.26 Å². The number of ether oxygens (including phenoxy) is 2. The van der Waals surface area contributed by atoms with Crippen molar-refractivity contribution >= 4 is 11.6 Å². The van der Waals surface area contributed by atoms with Crippen LogP contribution in [0.1, 0.15) is 11.1 Å². The van der Waals surface area contributed by atoms with E-state index in [-0.39, 0.29) is 6.10 Å². The van der Waals surface area contributed by atoms with Gasteiger partial charge in [-0.05, 0) is 29.8 Å². The molecule has 0 saturated carbocycles. The van der Waals surface area contributed by atoms with Crippen LogP contribution in [-0.4, -0.2) is 19.2 Å².